The van der Waals surface area contributed by atoms with Crippen LogP contribution in [0.2, 0.25) is 0 Å². The maximum absolute atomic E-state index is 5.80. The summed E-state index contributed by atoms with van der Waals surface area (Å²) < 4.78 is 7.45. The Morgan fingerprint density at radius 2 is 2.14 bits per heavy atom. The fourth-order valence-electron chi connectivity index (χ4n) is 2.86. The lowest BCUT2D eigenvalue weighted by atomic mass is 10.1. The van der Waals surface area contributed by atoms with Crippen LogP contribution in [0, 0.1) is 0 Å². The summed E-state index contributed by atoms with van der Waals surface area (Å²) in [7, 11) is 2.20. The number of aromatic nitrogens is 4. The van der Waals surface area contributed by atoms with Gasteiger partial charge in [-0.05, 0) is 32.9 Å². The average Bonchev–Trinajstić information content (AvgIpc) is 2.93. The van der Waals surface area contributed by atoms with E-state index in [1.165, 1.54) is 6.33 Å². The van der Waals surface area contributed by atoms with E-state index in [4.69, 9.17) is 10.5 Å². The average molecular weight is 290 g/mol. The number of fused-ring (bicyclic) bond motifs is 1. The molecule has 0 saturated carbocycles. The molecule has 1 saturated heterocycles. The second-order valence-electron chi connectivity index (χ2n) is 5.55. The van der Waals surface area contributed by atoms with Crippen molar-refractivity contribution in [3.63, 3.8) is 0 Å². The van der Waals surface area contributed by atoms with Gasteiger partial charge in [0, 0.05) is 25.8 Å². The number of ether oxygens (including phenoxy) is 1. The van der Waals surface area contributed by atoms with Gasteiger partial charge in [-0.25, -0.2) is 15.0 Å². The van der Waals surface area contributed by atoms with Crippen molar-refractivity contribution < 1.29 is 4.74 Å². The summed E-state index contributed by atoms with van der Waals surface area (Å²) in [4.78, 5) is 15.0. The van der Waals surface area contributed by atoms with Gasteiger partial charge < -0.3 is 19.9 Å². The monoisotopic (exact) mass is 290 g/mol. The van der Waals surface area contributed by atoms with E-state index >= 15 is 0 Å². The molecule has 2 aromatic rings. The van der Waals surface area contributed by atoms with E-state index in [0.29, 0.717) is 17.4 Å². The fourth-order valence-corrected chi connectivity index (χ4v) is 2.86. The van der Waals surface area contributed by atoms with Gasteiger partial charge >= 0.3 is 0 Å². The summed E-state index contributed by atoms with van der Waals surface area (Å²) in [5.74, 6) is 0.443. The van der Waals surface area contributed by atoms with Gasteiger partial charge in [0.05, 0.1) is 6.33 Å². The molecular weight excluding hydrogens is 268 g/mol. The van der Waals surface area contributed by atoms with Crippen LogP contribution in [-0.2, 0) is 11.3 Å². The van der Waals surface area contributed by atoms with Gasteiger partial charge in [0.25, 0.3) is 0 Å². The van der Waals surface area contributed by atoms with Crippen LogP contribution in [0.4, 0.5) is 5.82 Å². The summed E-state index contributed by atoms with van der Waals surface area (Å²) in [5, 5.41) is 0. The Labute approximate surface area is 124 Å². The van der Waals surface area contributed by atoms with Crippen molar-refractivity contribution in [3.8, 4) is 0 Å². The molecule has 2 N–H and O–H groups in total. The zero-order chi connectivity index (χ0) is 14.7. The maximum Gasteiger partial charge on any atom is 0.165 e. The Bertz CT molecular complexity index is 592. The summed E-state index contributed by atoms with van der Waals surface area (Å²) in [5.41, 5.74) is 7.30. The minimum Gasteiger partial charge on any atom is -0.382 e. The molecular formula is C14H22N6O. The molecule has 3 heterocycles. The Balaban J connectivity index is 1.55. The molecule has 2 aromatic heterocycles. The lowest BCUT2D eigenvalue weighted by Gasteiger charge is -2.31. The van der Waals surface area contributed by atoms with Gasteiger partial charge in [0.2, 0.25) is 0 Å². The summed E-state index contributed by atoms with van der Waals surface area (Å²) in [6, 6.07) is 0.649. The van der Waals surface area contributed by atoms with E-state index in [1.54, 1.807) is 6.33 Å². The number of nitrogens with two attached hydrogens (primary N) is 1. The lowest BCUT2D eigenvalue weighted by molar-refractivity contribution is 0.0425. The largest absolute Gasteiger partial charge is 0.382 e. The molecule has 1 aliphatic heterocycles. The van der Waals surface area contributed by atoms with Crippen molar-refractivity contribution in [1.29, 1.82) is 0 Å². The molecule has 7 heteroatoms. The molecule has 0 aliphatic carbocycles. The minimum atomic E-state index is 0.443. The van der Waals surface area contributed by atoms with Crippen LogP contribution in [0.5, 0.6) is 0 Å². The molecule has 1 fully saturated rings. The van der Waals surface area contributed by atoms with Crippen LogP contribution in [0.1, 0.15) is 19.3 Å². The van der Waals surface area contributed by atoms with E-state index in [9.17, 15) is 0 Å². The van der Waals surface area contributed by atoms with E-state index in [2.05, 4.69) is 26.9 Å². The number of nitrogens with zero attached hydrogens (tertiary/aromatic N) is 5. The Kier molecular flexibility index (Phi) is 4.31. The summed E-state index contributed by atoms with van der Waals surface area (Å²) in [6.45, 7) is 3.72. The number of hydrogen-bond donors (Lipinski definition) is 1. The highest BCUT2D eigenvalue weighted by atomic mass is 16.5. The first-order chi connectivity index (χ1) is 10.3. The standard InChI is InChI=1S/C14H22N6O/c1-19(11-3-7-21-8-4-11)5-2-6-20-10-18-12-13(15)16-9-17-14(12)20/h9-11H,2-8H2,1H3,(H2,15,16,17). The van der Waals surface area contributed by atoms with E-state index in [1.807, 2.05) is 4.57 Å². The van der Waals surface area contributed by atoms with Crippen LogP contribution in [0.3, 0.4) is 0 Å². The third-order valence-corrected chi connectivity index (χ3v) is 4.15. The van der Waals surface area contributed by atoms with Crippen LogP contribution < -0.4 is 5.73 Å². The van der Waals surface area contributed by atoms with E-state index in [-0.39, 0.29) is 0 Å². The Morgan fingerprint density at radius 1 is 1.33 bits per heavy atom. The Hall–Kier alpha value is -1.73. The summed E-state index contributed by atoms with van der Waals surface area (Å²) >= 11 is 0. The molecule has 0 bridgehead atoms. The molecule has 0 radical (unpaired) electrons. The van der Waals surface area contributed by atoms with Gasteiger partial charge in [-0.2, -0.15) is 0 Å². The molecule has 0 atom stereocenters. The topological polar surface area (TPSA) is 82.1 Å². The predicted molar refractivity (Wildman–Crippen MR) is 80.8 cm³/mol. The zero-order valence-corrected chi connectivity index (χ0v) is 12.4. The normalized spacial score (nSPS) is 16.9. The number of rotatable bonds is 5. The van der Waals surface area contributed by atoms with Crippen molar-refractivity contribution >= 4 is 17.0 Å². The molecule has 0 spiro atoms. The van der Waals surface area contributed by atoms with Crippen molar-refractivity contribution in [2.75, 3.05) is 32.5 Å². The Morgan fingerprint density at radius 3 is 2.95 bits per heavy atom. The molecule has 3 rings (SSSR count). The molecule has 0 amide bonds. The summed E-state index contributed by atoms with van der Waals surface area (Å²) in [6.07, 6.45) is 6.61. The SMILES string of the molecule is CN(CCCn1cnc2c(N)ncnc21)C1CCOCC1. The first-order valence-corrected chi connectivity index (χ1v) is 7.45. The molecule has 1 aliphatic rings. The second kappa shape index (κ2) is 6.36. The molecule has 114 valence electrons. The maximum atomic E-state index is 5.80. The van der Waals surface area contributed by atoms with Crippen molar-refractivity contribution in [3.05, 3.63) is 12.7 Å². The predicted octanol–water partition coefficient (Wildman–Crippen LogP) is 0.909. The van der Waals surface area contributed by atoms with Gasteiger partial charge in [0.1, 0.15) is 11.8 Å². The van der Waals surface area contributed by atoms with Crippen LogP contribution in [0.25, 0.3) is 11.2 Å². The molecule has 21 heavy (non-hydrogen) atoms. The van der Waals surface area contributed by atoms with Crippen molar-refractivity contribution in [2.45, 2.75) is 31.8 Å². The van der Waals surface area contributed by atoms with E-state index < -0.39 is 0 Å². The van der Waals surface area contributed by atoms with Crippen LogP contribution >= 0.6 is 0 Å². The van der Waals surface area contributed by atoms with Gasteiger partial charge in [-0.3, -0.25) is 0 Å². The number of anilines is 1. The van der Waals surface area contributed by atoms with Crippen molar-refractivity contribution in [1.82, 2.24) is 24.4 Å². The number of hydrogen-bond acceptors (Lipinski definition) is 6. The van der Waals surface area contributed by atoms with Gasteiger partial charge in [-0.1, -0.05) is 0 Å². The fraction of sp³-hybridized carbons (Fsp3) is 0.643. The molecule has 0 aromatic carbocycles. The number of nitrogen functional groups attached to an aromatic ring is 1. The highest BCUT2D eigenvalue weighted by molar-refractivity contribution is 5.80. The smallest absolute Gasteiger partial charge is 0.165 e. The van der Waals surface area contributed by atoms with Crippen LogP contribution in [-0.4, -0.2) is 57.3 Å². The first kappa shape index (κ1) is 14.2. The quantitative estimate of drug-likeness (QED) is 0.881. The highest BCUT2D eigenvalue weighted by Crippen LogP contribution is 2.16. The number of imidazole rings is 1. The molecule has 7 nitrogen and oxygen atoms in total. The van der Waals surface area contributed by atoms with E-state index in [0.717, 1.165) is 51.2 Å². The number of aryl methyl sites for hydroxylation is 1. The van der Waals surface area contributed by atoms with Crippen LogP contribution in [0.15, 0.2) is 12.7 Å². The lowest BCUT2D eigenvalue weighted by Crippen LogP contribution is -2.37. The second-order valence-corrected chi connectivity index (χ2v) is 5.55. The zero-order valence-electron chi connectivity index (χ0n) is 12.4. The highest BCUT2D eigenvalue weighted by Gasteiger charge is 2.17. The van der Waals surface area contributed by atoms with Gasteiger partial charge in [-0.15, -0.1) is 0 Å². The molecule has 0 unspecified atom stereocenters. The van der Waals surface area contributed by atoms with Crippen molar-refractivity contribution in [2.24, 2.45) is 0 Å². The first-order valence-electron chi connectivity index (χ1n) is 7.45. The third kappa shape index (κ3) is 3.14. The van der Waals surface area contributed by atoms with Gasteiger partial charge in [0.15, 0.2) is 11.5 Å². The third-order valence-electron chi connectivity index (χ3n) is 4.15. The minimum absolute atomic E-state index is 0.443.